The Hall–Kier alpha value is -3.05. The molecule has 1 saturated heterocycles. The van der Waals surface area contributed by atoms with Crippen molar-refractivity contribution in [3.05, 3.63) is 72.6 Å². The number of carbonyl (C=O) groups is 1. The molecule has 4 rings (SSSR count). The van der Waals surface area contributed by atoms with Gasteiger partial charge in [-0.3, -0.25) is 9.78 Å². The fourth-order valence-corrected chi connectivity index (χ4v) is 3.09. The Bertz CT molecular complexity index is 887. The normalized spacial score (nSPS) is 14.2. The second-order valence-corrected chi connectivity index (χ2v) is 6.28. The lowest BCUT2D eigenvalue weighted by atomic mass is 10.1. The highest BCUT2D eigenvalue weighted by Gasteiger charge is 2.17. The molecule has 130 valence electrons. The Morgan fingerprint density at radius 1 is 0.846 bits per heavy atom. The molecule has 1 amide bonds. The molecular weight excluding hydrogens is 324 g/mol. The summed E-state index contributed by atoms with van der Waals surface area (Å²) in [5, 5.41) is 3.26. The summed E-state index contributed by atoms with van der Waals surface area (Å²) in [6, 6.07) is 17.6. The zero-order chi connectivity index (χ0) is 17.8. The van der Waals surface area contributed by atoms with Gasteiger partial charge in [-0.15, -0.1) is 0 Å². The lowest BCUT2D eigenvalue weighted by molar-refractivity contribution is 0.0736. The maximum Gasteiger partial charge on any atom is 0.253 e. The summed E-state index contributed by atoms with van der Waals surface area (Å²) in [7, 11) is 0. The smallest absolute Gasteiger partial charge is 0.253 e. The van der Waals surface area contributed by atoms with Crippen molar-refractivity contribution in [2.45, 2.75) is 0 Å². The van der Waals surface area contributed by atoms with E-state index < -0.39 is 0 Å². The van der Waals surface area contributed by atoms with E-state index in [1.807, 2.05) is 59.5 Å². The Morgan fingerprint density at radius 2 is 1.46 bits per heavy atom. The van der Waals surface area contributed by atoms with E-state index in [2.05, 4.69) is 10.3 Å². The molecule has 0 saturated carbocycles. The molecule has 0 radical (unpaired) electrons. The molecule has 1 aliphatic rings. The van der Waals surface area contributed by atoms with E-state index in [9.17, 15) is 4.79 Å². The maximum atomic E-state index is 12.6. The quantitative estimate of drug-likeness (QED) is 0.794. The van der Waals surface area contributed by atoms with E-state index in [4.69, 9.17) is 4.98 Å². The third-order valence-electron chi connectivity index (χ3n) is 4.54. The highest BCUT2D eigenvalue weighted by atomic mass is 16.2. The van der Waals surface area contributed by atoms with Gasteiger partial charge in [-0.05, 0) is 12.1 Å². The van der Waals surface area contributed by atoms with Crippen LogP contribution in [-0.2, 0) is 0 Å². The van der Waals surface area contributed by atoms with Crippen LogP contribution in [0.3, 0.4) is 0 Å². The molecule has 5 nitrogen and oxygen atoms in total. The first kappa shape index (κ1) is 16.4. The minimum Gasteiger partial charge on any atom is -0.336 e. The Morgan fingerprint density at radius 3 is 2.12 bits per heavy atom. The molecule has 1 aliphatic heterocycles. The zero-order valence-electron chi connectivity index (χ0n) is 14.4. The molecule has 2 heterocycles. The molecule has 0 unspecified atom stereocenters. The summed E-state index contributed by atoms with van der Waals surface area (Å²) in [5.74, 6) is 0.0853. The van der Waals surface area contributed by atoms with Crippen LogP contribution >= 0.6 is 0 Å². The van der Waals surface area contributed by atoms with Crippen molar-refractivity contribution in [2.75, 3.05) is 26.2 Å². The first-order valence-electron chi connectivity index (χ1n) is 8.79. The standard InChI is InChI=1S/C21H20N4O/c26-21(25-12-10-22-11-13-25)18-8-6-17(7-9-18)20-15-23-14-19(24-20)16-4-2-1-3-5-16/h1-9,14-15,22H,10-13H2. The molecule has 2 aromatic carbocycles. The Kier molecular flexibility index (Phi) is 4.71. The number of hydrogen-bond donors (Lipinski definition) is 1. The number of hydrogen-bond acceptors (Lipinski definition) is 4. The van der Waals surface area contributed by atoms with Crippen LogP contribution in [0, 0.1) is 0 Å². The third kappa shape index (κ3) is 3.48. The van der Waals surface area contributed by atoms with Gasteiger partial charge in [-0.2, -0.15) is 0 Å². The SMILES string of the molecule is O=C(c1ccc(-c2cncc(-c3ccccc3)n2)cc1)N1CCNCC1. The molecule has 3 aromatic rings. The molecule has 0 spiro atoms. The number of carbonyl (C=O) groups excluding carboxylic acids is 1. The van der Waals surface area contributed by atoms with Crippen LogP contribution in [0.25, 0.3) is 22.5 Å². The molecule has 1 fully saturated rings. The van der Waals surface area contributed by atoms with E-state index in [1.165, 1.54) is 0 Å². The van der Waals surface area contributed by atoms with Crippen molar-refractivity contribution in [1.29, 1.82) is 0 Å². The van der Waals surface area contributed by atoms with E-state index in [0.29, 0.717) is 5.56 Å². The summed E-state index contributed by atoms with van der Waals surface area (Å²) < 4.78 is 0. The van der Waals surface area contributed by atoms with Crippen LogP contribution in [0.2, 0.25) is 0 Å². The van der Waals surface area contributed by atoms with E-state index in [1.54, 1.807) is 12.4 Å². The van der Waals surface area contributed by atoms with Gasteiger partial charge in [-0.25, -0.2) is 4.98 Å². The van der Waals surface area contributed by atoms with E-state index >= 15 is 0 Å². The van der Waals surface area contributed by atoms with Crippen LogP contribution in [-0.4, -0.2) is 47.0 Å². The highest BCUT2D eigenvalue weighted by Crippen LogP contribution is 2.22. The highest BCUT2D eigenvalue weighted by molar-refractivity contribution is 5.94. The van der Waals surface area contributed by atoms with Crippen LogP contribution < -0.4 is 5.32 Å². The predicted octanol–water partition coefficient (Wildman–Crippen LogP) is 2.86. The lowest BCUT2D eigenvalue weighted by Crippen LogP contribution is -2.46. The van der Waals surface area contributed by atoms with Crippen molar-refractivity contribution in [3.8, 4) is 22.5 Å². The van der Waals surface area contributed by atoms with Crippen molar-refractivity contribution >= 4 is 5.91 Å². The Labute approximate surface area is 152 Å². The second-order valence-electron chi connectivity index (χ2n) is 6.28. The summed E-state index contributed by atoms with van der Waals surface area (Å²) in [5.41, 5.74) is 4.33. The number of aromatic nitrogens is 2. The van der Waals surface area contributed by atoms with Gasteiger partial charge < -0.3 is 10.2 Å². The van der Waals surface area contributed by atoms with Gasteiger partial charge in [0.2, 0.25) is 0 Å². The predicted molar refractivity (Wildman–Crippen MR) is 102 cm³/mol. The van der Waals surface area contributed by atoms with Crippen LogP contribution in [0.5, 0.6) is 0 Å². The summed E-state index contributed by atoms with van der Waals surface area (Å²) in [6.07, 6.45) is 3.51. The van der Waals surface area contributed by atoms with Gasteiger partial charge in [0.25, 0.3) is 5.91 Å². The van der Waals surface area contributed by atoms with E-state index in [-0.39, 0.29) is 5.91 Å². The number of rotatable bonds is 3. The van der Waals surface area contributed by atoms with Crippen LogP contribution in [0.15, 0.2) is 67.0 Å². The molecule has 5 heteroatoms. The first-order chi connectivity index (χ1) is 12.8. The molecular formula is C21H20N4O. The number of nitrogens with zero attached hydrogens (tertiary/aromatic N) is 3. The molecule has 1 N–H and O–H groups in total. The average molecular weight is 344 g/mol. The summed E-state index contributed by atoms with van der Waals surface area (Å²) in [6.45, 7) is 3.22. The monoisotopic (exact) mass is 344 g/mol. The third-order valence-corrected chi connectivity index (χ3v) is 4.54. The molecule has 0 bridgehead atoms. The van der Waals surface area contributed by atoms with Gasteiger partial charge in [-0.1, -0.05) is 42.5 Å². The van der Waals surface area contributed by atoms with Gasteiger partial charge in [0.15, 0.2) is 0 Å². The molecule has 0 atom stereocenters. The minimum atomic E-state index is 0.0853. The van der Waals surface area contributed by atoms with Crippen molar-refractivity contribution in [1.82, 2.24) is 20.2 Å². The lowest BCUT2D eigenvalue weighted by Gasteiger charge is -2.27. The Balaban J connectivity index is 1.56. The first-order valence-corrected chi connectivity index (χ1v) is 8.79. The van der Waals surface area contributed by atoms with Crippen molar-refractivity contribution in [3.63, 3.8) is 0 Å². The fourth-order valence-electron chi connectivity index (χ4n) is 3.09. The second kappa shape index (κ2) is 7.45. The average Bonchev–Trinajstić information content (AvgIpc) is 2.75. The topological polar surface area (TPSA) is 58.1 Å². The molecule has 1 aromatic heterocycles. The summed E-state index contributed by atoms with van der Waals surface area (Å²) >= 11 is 0. The van der Waals surface area contributed by atoms with Gasteiger partial charge >= 0.3 is 0 Å². The number of nitrogens with one attached hydrogen (secondary N) is 1. The van der Waals surface area contributed by atoms with Gasteiger partial charge in [0.05, 0.1) is 23.8 Å². The van der Waals surface area contributed by atoms with Crippen LogP contribution in [0.4, 0.5) is 0 Å². The number of benzene rings is 2. The summed E-state index contributed by atoms with van der Waals surface area (Å²) in [4.78, 5) is 23.5. The van der Waals surface area contributed by atoms with Gasteiger partial charge in [0, 0.05) is 42.9 Å². The number of amides is 1. The van der Waals surface area contributed by atoms with Gasteiger partial charge in [0.1, 0.15) is 0 Å². The molecule has 0 aliphatic carbocycles. The number of piperazine rings is 1. The van der Waals surface area contributed by atoms with Crippen molar-refractivity contribution in [2.24, 2.45) is 0 Å². The minimum absolute atomic E-state index is 0.0853. The van der Waals surface area contributed by atoms with Crippen molar-refractivity contribution < 1.29 is 4.79 Å². The fraction of sp³-hybridized carbons (Fsp3) is 0.190. The maximum absolute atomic E-state index is 12.6. The molecule has 26 heavy (non-hydrogen) atoms. The zero-order valence-corrected chi connectivity index (χ0v) is 14.4. The van der Waals surface area contributed by atoms with E-state index in [0.717, 1.165) is 48.7 Å². The largest absolute Gasteiger partial charge is 0.336 e. The van der Waals surface area contributed by atoms with Crippen LogP contribution in [0.1, 0.15) is 10.4 Å².